The van der Waals surface area contributed by atoms with Crippen LogP contribution in [0.25, 0.3) is 77.8 Å². The van der Waals surface area contributed by atoms with Crippen LogP contribution in [-0.2, 0) is 0 Å². The fraction of sp³-hybridized carbons (Fsp3) is 0. The van der Waals surface area contributed by atoms with Gasteiger partial charge in [-0.1, -0.05) is 48.5 Å². The molecule has 4 aromatic carbocycles. The summed E-state index contributed by atoms with van der Waals surface area (Å²) >= 11 is 6.39. The molecule has 184 valence electrons. The second-order valence-electron chi connectivity index (χ2n) is 9.33. The van der Waals surface area contributed by atoms with Gasteiger partial charge in [0.15, 0.2) is 17.2 Å². The molecule has 0 amide bonds. The Morgan fingerprint density at radius 1 is 0.487 bits per heavy atom. The lowest BCUT2D eigenvalue weighted by Gasteiger charge is -2.07. The normalized spacial score (nSPS) is 11.7. The predicted octanol–water partition coefficient (Wildman–Crippen LogP) is 8.72. The zero-order valence-corrected chi connectivity index (χ0v) is 21.1. The number of fused-ring (bicyclic) bond motifs is 6. The van der Waals surface area contributed by atoms with Crippen LogP contribution in [-0.4, -0.2) is 19.9 Å². The van der Waals surface area contributed by atoms with Gasteiger partial charge in [-0.05, 0) is 65.2 Å². The van der Waals surface area contributed by atoms with Gasteiger partial charge in [-0.15, -0.1) is 0 Å². The number of hydrogen-bond acceptors (Lipinski definition) is 6. The highest BCUT2D eigenvalue weighted by Gasteiger charge is 2.14. The summed E-state index contributed by atoms with van der Waals surface area (Å²) < 4.78 is 12.1. The van der Waals surface area contributed by atoms with Gasteiger partial charge >= 0.3 is 0 Å². The van der Waals surface area contributed by atoms with Crippen molar-refractivity contribution in [1.29, 1.82) is 0 Å². The highest BCUT2D eigenvalue weighted by atomic mass is 35.5. The van der Waals surface area contributed by atoms with Gasteiger partial charge in [0.25, 0.3) is 0 Å². The number of aromatic nitrogens is 4. The van der Waals surface area contributed by atoms with Crippen molar-refractivity contribution in [2.75, 3.05) is 0 Å². The number of furan rings is 2. The van der Waals surface area contributed by atoms with Crippen LogP contribution < -0.4 is 0 Å². The highest BCUT2D eigenvalue weighted by Crippen LogP contribution is 2.34. The van der Waals surface area contributed by atoms with E-state index in [1.54, 1.807) is 12.4 Å². The molecule has 8 rings (SSSR count). The van der Waals surface area contributed by atoms with Gasteiger partial charge in [0.2, 0.25) is 5.28 Å². The minimum atomic E-state index is 0.127. The SMILES string of the molecule is Clc1nc(-c2cccc(-c3ccc4c(c3)oc3cnccc34)c2)nc(-c2ccc3c(c2)oc2ccccc23)n1. The molecule has 4 aromatic heterocycles. The summed E-state index contributed by atoms with van der Waals surface area (Å²) in [6.07, 6.45) is 3.52. The summed E-state index contributed by atoms with van der Waals surface area (Å²) in [5, 5.41) is 4.35. The van der Waals surface area contributed by atoms with Crippen LogP contribution in [0.2, 0.25) is 5.28 Å². The molecule has 39 heavy (non-hydrogen) atoms. The maximum atomic E-state index is 6.39. The lowest BCUT2D eigenvalue weighted by molar-refractivity contribution is 0.667. The highest BCUT2D eigenvalue weighted by molar-refractivity contribution is 6.28. The first kappa shape index (κ1) is 22.0. The Labute approximate surface area is 226 Å². The van der Waals surface area contributed by atoms with Gasteiger partial charge in [-0.3, -0.25) is 4.98 Å². The van der Waals surface area contributed by atoms with Gasteiger partial charge in [-0.25, -0.2) is 4.98 Å². The third-order valence-corrected chi connectivity index (χ3v) is 7.14. The fourth-order valence-electron chi connectivity index (χ4n) is 5.12. The van der Waals surface area contributed by atoms with Crippen molar-refractivity contribution in [2.45, 2.75) is 0 Å². The second kappa shape index (κ2) is 8.48. The maximum absolute atomic E-state index is 6.39. The van der Waals surface area contributed by atoms with E-state index in [0.717, 1.165) is 66.1 Å². The van der Waals surface area contributed by atoms with Crippen molar-refractivity contribution in [3.63, 3.8) is 0 Å². The molecule has 0 bridgehead atoms. The average molecular weight is 525 g/mol. The number of para-hydroxylation sites is 1. The van der Waals surface area contributed by atoms with E-state index < -0.39 is 0 Å². The van der Waals surface area contributed by atoms with Crippen molar-refractivity contribution >= 4 is 55.5 Å². The van der Waals surface area contributed by atoms with Crippen LogP contribution in [0.5, 0.6) is 0 Å². The maximum Gasteiger partial charge on any atom is 0.226 e. The van der Waals surface area contributed by atoms with E-state index in [1.807, 2.05) is 72.8 Å². The minimum absolute atomic E-state index is 0.127. The van der Waals surface area contributed by atoms with E-state index in [0.29, 0.717) is 11.6 Å². The molecule has 0 saturated carbocycles. The molecule has 7 heteroatoms. The van der Waals surface area contributed by atoms with Crippen LogP contribution in [0.1, 0.15) is 0 Å². The smallest absolute Gasteiger partial charge is 0.226 e. The topological polar surface area (TPSA) is 77.8 Å². The largest absolute Gasteiger partial charge is 0.456 e. The van der Waals surface area contributed by atoms with Gasteiger partial charge in [-0.2, -0.15) is 9.97 Å². The first-order valence-corrected chi connectivity index (χ1v) is 12.8. The summed E-state index contributed by atoms with van der Waals surface area (Å²) in [4.78, 5) is 17.8. The summed E-state index contributed by atoms with van der Waals surface area (Å²) in [5.74, 6) is 0.975. The molecule has 0 fully saturated rings. The Hall–Kier alpha value is -5.07. The number of hydrogen-bond donors (Lipinski definition) is 0. The number of halogens is 1. The van der Waals surface area contributed by atoms with Gasteiger partial charge in [0.1, 0.15) is 16.7 Å². The molecule has 0 aliphatic carbocycles. The zero-order chi connectivity index (χ0) is 25.9. The van der Waals surface area contributed by atoms with Crippen molar-refractivity contribution in [3.8, 4) is 33.9 Å². The molecule has 0 aliphatic rings. The van der Waals surface area contributed by atoms with Crippen LogP contribution in [0.3, 0.4) is 0 Å². The minimum Gasteiger partial charge on any atom is -0.456 e. The Bertz CT molecular complexity index is 2220. The van der Waals surface area contributed by atoms with E-state index in [1.165, 1.54) is 0 Å². The third kappa shape index (κ3) is 3.65. The monoisotopic (exact) mass is 524 g/mol. The molecule has 8 aromatic rings. The Morgan fingerprint density at radius 3 is 1.95 bits per heavy atom. The summed E-state index contributed by atoms with van der Waals surface area (Å²) in [6, 6.07) is 30.1. The van der Waals surface area contributed by atoms with E-state index >= 15 is 0 Å². The molecule has 4 heterocycles. The number of pyridine rings is 1. The van der Waals surface area contributed by atoms with Crippen molar-refractivity contribution in [1.82, 2.24) is 19.9 Å². The predicted molar refractivity (Wildman–Crippen MR) is 153 cm³/mol. The lowest BCUT2D eigenvalue weighted by atomic mass is 10.0. The van der Waals surface area contributed by atoms with Gasteiger partial charge in [0, 0.05) is 38.9 Å². The van der Waals surface area contributed by atoms with E-state index in [-0.39, 0.29) is 5.28 Å². The van der Waals surface area contributed by atoms with Crippen LogP contribution in [0, 0.1) is 0 Å². The molecule has 6 nitrogen and oxygen atoms in total. The summed E-state index contributed by atoms with van der Waals surface area (Å²) in [6.45, 7) is 0. The molecule has 0 saturated heterocycles. The van der Waals surface area contributed by atoms with E-state index in [4.69, 9.17) is 25.4 Å². The molecule has 0 radical (unpaired) electrons. The second-order valence-corrected chi connectivity index (χ2v) is 9.66. The van der Waals surface area contributed by atoms with Crippen LogP contribution in [0.4, 0.5) is 0 Å². The first-order chi connectivity index (χ1) is 19.2. The summed E-state index contributed by atoms with van der Waals surface area (Å²) in [5.41, 5.74) is 6.85. The Balaban J connectivity index is 1.20. The van der Waals surface area contributed by atoms with Crippen LogP contribution >= 0.6 is 11.6 Å². The van der Waals surface area contributed by atoms with E-state index in [2.05, 4.69) is 33.2 Å². The van der Waals surface area contributed by atoms with Crippen molar-refractivity contribution < 1.29 is 8.83 Å². The van der Waals surface area contributed by atoms with Crippen molar-refractivity contribution in [2.24, 2.45) is 0 Å². The fourth-order valence-corrected chi connectivity index (χ4v) is 5.28. The zero-order valence-electron chi connectivity index (χ0n) is 20.3. The molecular formula is C32H17ClN4O2. The summed E-state index contributed by atoms with van der Waals surface area (Å²) in [7, 11) is 0. The number of nitrogens with zero attached hydrogens (tertiary/aromatic N) is 4. The van der Waals surface area contributed by atoms with Gasteiger partial charge < -0.3 is 8.83 Å². The number of benzene rings is 4. The molecule has 0 N–H and O–H groups in total. The molecule has 0 atom stereocenters. The van der Waals surface area contributed by atoms with Gasteiger partial charge in [0.05, 0.1) is 6.20 Å². The lowest BCUT2D eigenvalue weighted by Crippen LogP contribution is -1.97. The van der Waals surface area contributed by atoms with Crippen LogP contribution in [0.15, 0.2) is 112 Å². The van der Waals surface area contributed by atoms with Crippen molar-refractivity contribution in [3.05, 3.63) is 109 Å². The molecule has 0 unspecified atom stereocenters. The third-order valence-electron chi connectivity index (χ3n) is 6.98. The average Bonchev–Trinajstić information content (AvgIpc) is 3.54. The molecule has 0 spiro atoms. The Kier molecular flexibility index (Phi) is 4.77. The number of rotatable bonds is 3. The quantitative estimate of drug-likeness (QED) is 0.230. The molecule has 0 aliphatic heterocycles. The Morgan fingerprint density at radius 2 is 1.10 bits per heavy atom. The standard InChI is InChI=1S/C32H17ClN4O2/c33-32-36-30(35-31(37-32)21-9-11-23-22-6-1-2-7-26(22)38-28(23)16-21)20-5-3-4-18(14-20)19-8-10-24-25-12-13-34-17-29(25)39-27(24)15-19/h1-17H. The van der Waals surface area contributed by atoms with E-state index in [9.17, 15) is 0 Å². The first-order valence-electron chi connectivity index (χ1n) is 12.4. The molecular weight excluding hydrogens is 508 g/mol.